The van der Waals surface area contributed by atoms with Crippen LogP contribution in [0.25, 0.3) is 0 Å². The normalized spacial score (nSPS) is 20.4. The molecular formula is C28H29ClN6O2S. The smallest absolute Gasteiger partial charge is 0.253 e. The average molecular weight is 549 g/mol. The number of thiocarbonyl (C=S) groups is 1. The number of carbonyl (C=O) groups excluding carboxylic acids is 2. The number of halogens is 1. The van der Waals surface area contributed by atoms with Crippen molar-refractivity contribution in [3.8, 4) is 0 Å². The third-order valence-electron chi connectivity index (χ3n) is 7.16. The standard InChI is InChI=1S/C28H29ClN6O2S/c1-35-14-13-23(27(35)37)31-26(36)19-15-22(29)25(30-16-19)33-34-28(38)32-24-20-10-6-5-9-18(20)11-12-21(24)17-7-3-2-4-8-17/h2-10,15-16,21,23-24H,11-14H2,1H3,(H,30,33)(H,31,36)(H2,32,34,38)/t21-,23+,24-/m0/s1. The zero-order valence-corrected chi connectivity index (χ0v) is 22.5. The number of anilines is 1. The fraction of sp³-hybridized carbons (Fsp3) is 0.286. The molecule has 10 heteroatoms. The van der Waals surface area contributed by atoms with Crippen molar-refractivity contribution in [1.82, 2.24) is 25.9 Å². The highest BCUT2D eigenvalue weighted by Gasteiger charge is 2.32. The minimum absolute atomic E-state index is 0.00371. The molecule has 4 N–H and O–H groups in total. The van der Waals surface area contributed by atoms with Gasteiger partial charge in [-0.2, -0.15) is 0 Å². The van der Waals surface area contributed by atoms with Crippen LogP contribution in [0.3, 0.4) is 0 Å². The fourth-order valence-corrected chi connectivity index (χ4v) is 5.53. The Bertz CT molecular complexity index is 1350. The topological polar surface area (TPSA) is 98.4 Å². The molecule has 0 bridgehead atoms. The predicted molar refractivity (Wildman–Crippen MR) is 152 cm³/mol. The van der Waals surface area contributed by atoms with Gasteiger partial charge in [-0.3, -0.25) is 20.4 Å². The SMILES string of the molecule is CN1CC[C@@H](NC(=O)c2cnc(NNC(=S)N[C@H]3c4ccccc4CC[C@H]3c3ccccc3)c(Cl)c2)C1=O. The molecule has 196 valence electrons. The molecule has 2 aromatic carbocycles. The number of nitrogens with one attached hydrogen (secondary N) is 4. The molecule has 5 rings (SSSR count). The number of pyridine rings is 1. The van der Waals surface area contributed by atoms with Gasteiger partial charge in [0.2, 0.25) is 5.91 Å². The Morgan fingerprint density at radius 2 is 1.84 bits per heavy atom. The van der Waals surface area contributed by atoms with Gasteiger partial charge in [-0.05, 0) is 54.2 Å². The minimum atomic E-state index is -0.529. The number of hydrogen-bond donors (Lipinski definition) is 4. The second-order valence-electron chi connectivity index (χ2n) is 9.58. The Labute approximate surface area is 232 Å². The molecule has 1 saturated heterocycles. The molecule has 1 aliphatic carbocycles. The van der Waals surface area contributed by atoms with E-state index >= 15 is 0 Å². The molecule has 1 aromatic heterocycles. The summed E-state index contributed by atoms with van der Waals surface area (Å²) in [6, 6.07) is 19.9. The first-order valence-electron chi connectivity index (χ1n) is 12.6. The van der Waals surface area contributed by atoms with E-state index < -0.39 is 11.9 Å². The minimum Gasteiger partial charge on any atom is -0.354 e. The van der Waals surface area contributed by atoms with Crippen LogP contribution in [-0.4, -0.2) is 46.4 Å². The summed E-state index contributed by atoms with van der Waals surface area (Å²) in [6.07, 6.45) is 4.01. The summed E-state index contributed by atoms with van der Waals surface area (Å²) >= 11 is 12.0. The first-order chi connectivity index (χ1) is 18.4. The lowest BCUT2D eigenvalue weighted by Gasteiger charge is -2.35. The first-order valence-corrected chi connectivity index (χ1v) is 13.4. The molecule has 2 amide bonds. The van der Waals surface area contributed by atoms with Crippen molar-refractivity contribution in [2.75, 3.05) is 19.0 Å². The Morgan fingerprint density at radius 1 is 1.08 bits per heavy atom. The van der Waals surface area contributed by atoms with Gasteiger partial charge >= 0.3 is 0 Å². The van der Waals surface area contributed by atoms with Crippen molar-refractivity contribution < 1.29 is 9.59 Å². The lowest BCUT2D eigenvalue weighted by atomic mass is 9.76. The van der Waals surface area contributed by atoms with E-state index in [4.69, 9.17) is 23.8 Å². The number of aromatic nitrogens is 1. The number of rotatable bonds is 6. The predicted octanol–water partition coefficient (Wildman–Crippen LogP) is 3.96. The molecule has 0 unspecified atom stereocenters. The van der Waals surface area contributed by atoms with Crippen LogP contribution < -0.4 is 21.5 Å². The molecule has 1 aliphatic heterocycles. The van der Waals surface area contributed by atoms with Gasteiger partial charge in [0.1, 0.15) is 6.04 Å². The van der Waals surface area contributed by atoms with Crippen LogP contribution in [0, 0.1) is 0 Å². The van der Waals surface area contributed by atoms with E-state index in [0.29, 0.717) is 23.9 Å². The van der Waals surface area contributed by atoms with Crippen LogP contribution >= 0.6 is 23.8 Å². The maximum Gasteiger partial charge on any atom is 0.253 e. The molecule has 0 radical (unpaired) electrons. The fourth-order valence-electron chi connectivity index (χ4n) is 5.14. The number of amides is 2. The van der Waals surface area contributed by atoms with E-state index in [1.54, 1.807) is 11.9 Å². The number of likely N-dealkylation sites (N-methyl/N-ethyl adjacent to an activating group) is 1. The number of nitrogens with zero attached hydrogens (tertiary/aromatic N) is 2. The summed E-state index contributed by atoms with van der Waals surface area (Å²) in [5, 5.41) is 6.87. The Morgan fingerprint density at radius 3 is 2.58 bits per heavy atom. The van der Waals surface area contributed by atoms with E-state index in [1.165, 1.54) is 29.0 Å². The number of aryl methyl sites for hydroxylation is 1. The van der Waals surface area contributed by atoms with E-state index in [0.717, 1.165) is 12.8 Å². The van der Waals surface area contributed by atoms with E-state index in [-0.39, 0.29) is 28.5 Å². The molecule has 3 atom stereocenters. The van der Waals surface area contributed by atoms with E-state index in [2.05, 4.69) is 75.0 Å². The molecule has 3 aromatic rings. The number of hydrazine groups is 1. The monoisotopic (exact) mass is 548 g/mol. The van der Waals surface area contributed by atoms with Crippen molar-refractivity contribution in [3.05, 3.63) is 94.1 Å². The van der Waals surface area contributed by atoms with Gasteiger partial charge in [0.15, 0.2) is 10.9 Å². The van der Waals surface area contributed by atoms with Crippen molar-refractivity contribution in [2.24, 2.45) is 0 Å². The number of benzene rings is 2. The zero-order chi connectivity index (χ0) is 26.6. The van der Waals surface area contributed by atoms with Crippen LogP contribution in [0.1, 0.15) is 51.8 Å². The van der Waals surface area contributed by atoms with Crippen LogP contribution in [0.4, 0.5) is 5.82 Å². The Balaban J connectivity index is 1.23. The number of likely N-dealkylation sites (tertiary alicyclic amines) is 1. The van der Waals surface area contributed by atoms with Gasteiger partial charge in [0, 0.05) is 25.7 Å². The molecule has 8 nitrogen and oxygen atoms in total. The average Bonchev–Trinajstić information content (AvgIpc) is 3.25. The molecule has 2 heterocycles. The van der Waals surface area contributed by atoms with Crippen LogP contribution in [0.5, 0.6) is 0 Å². The molecule has 0 saturated carbocycles. The van der Waals surface area contributed by atoms with Gasteiger partial charge < -0.3 is 15.5 Å². The van der Waals surface area contributed by atoms with E-state index in [9.17, 15) is 9.59 Å². The second-order valence-corrected chi connectivity index (χ2v) is 10.4. The first kappa shape index (κ1) is 25.9. The maximum absolute atomic E-state index is 12.6. The van der Waals surface area contributed by atoms with Crippen LogP contribution in [0.15, 0.2) is 66.9 Å². The second kappa shape index (κ2) is 11.4. The van der Waals surface area contributed by atoms with Gasteiger partial charge in [0.05, 0.1) is 16.6 Å². The summed E-state index contributed by atoms with van der Waals surface area (Å²) in [7, 11) is 1.72. The Hall–Kier alpha value is -3.69. The maximum atomic E-state index is 12.6. The molecule has 1 fully saturated rings. The highest BCUT2D eigenvalue weighted by molar-refractivity contribution is 7.80. The largest absolute Gasteiger partial charge is 0.354 e. The Kier molecular flexibility index (Phi) is 7.76. The van der Waals surface area contributed by atoms with Crippen LogP contribution in [-0.2, 0) is 11.2 Å². The van der Waals surface area contributed by atoms with Gasteiger partial charge in [0.25, 0.3) is 5.91 Å². The molecular weight excluding hydrogens is 520 g/mol. The summed E-state index contributed by atoms with van der Waals surface area (Å²) in [4.78, 5) is 30.6. The summed E-state index contributed by atoms with van der Waals surface area (Å²) in [5.41, 5.74) is 10.0. The van der Waals surface area contributed by atoms with Crippen molar-refractivity contribution in [2.45, 2.75) is 37.3 Å². The molecule has 2 aliphatic rings. The molecule has 0 spiro atoms. The van der Waals surface area contributed by atoms with Crippen molar-refractivity contribution in [3.63, 3.8) is 0 Å². The van der Waals surface area contributed by atoms with Gasteiger partial charge in [-0.25, -0.2) is 4.98 Å². The summed E-state index contributed by atoms with van der Waals surface area (Å²) < 4.78 is 0. The lowest BCUT2D eigenvalue weighted by Crippen LogP contribution is -2.43. The number of fused-ring (bicyclic) bond motifs is 1. The highest BCUT2D eigenvalue weighted by Crippen LogP contribution is 2.40. The number of carbonyl (C=O) groups is 2. The third kappa shape index (κ3) is 5.58. The van der Waals surface area contributed by atoms with Crippen LogP contribution in [0.2, 0.25) is 5.02 Å². The summed E-state index contributed by atoms with van der Waals surface area (Å²) in [5.74, 6) is 0.0910. The zero-order valence-electron chi connectivity index (χ0n) is 20.9. The highest BCUT2D eigenvalue weighted by atomic mass is 35.5. The third-order valence-corrected chi connectivity index (χ3v) is 7.67. The van der Waals surface area contributed by atoms with Crippen molar-refractivity contribution >= 4 is 46.6 Å². The molecule has 38 heavy (non-hydrogen) atoms. The number of hydrogen-bond acceptors (Lipinski definition) is 5. The van der Waals surface area contributed by atoms with Gasteiger partial charge in [-0.1, -0.05) is 66.2 Å². The lowest BCUT2D eigenvalue weighted by molar-refractivity contribution is -0.128. The van der Waals surface area contributed by atoms with Crippen molar-refractivity contribution in [1.29, 1.82) is 0 Å². The van der Waals surface area contributed by atoms with Gasteiger partial charge in [-0.15, -0.1) is 0 Å². The van der Waals surface area contributed by atoms with E-state index in [1.807, 2.05) is 6.07 Å². The quantitative estimate of drug-likeness (QED) is 0.273. The summed E-state index contributed by atoms with van der Waals surface area (Å²) in [6.45, 7) is 0.615.